The van der Waals surface area contributed by atoms with Crippen LogP contribution >= 0.6 is 0 Å². The number of nitrogens with one attached hydrogen (secondary N) is 2. The van der Waals surface area contributed by atoms with Crippen LogP contribution in [-0.4, -0.2) is 22.9 Å². The maximum Gasteiger partial charge on any atom is 0.277 e. The number of oxazole rings is 1. The van der Waals surface area contributed by atoms with Gasteiger partial charge in [-0.1, -0.05) is 0 Å². The summed E-state index contributed by atoms with van der Waals surface area (Å²) >= 11 is 0. The second kappa shape index (κ2) is 5.67. The molecule has 0 radical (unpaired) electrons. The Morgan fingerprint density at radius 1 is 1.42 bits per heavy atom. The third-order valence-corrected chi connectivity index (χ3v) is 4.11. The molecule has 0 saturated heterocycles. The molecule has 1 aliphatic heterocycles. The van der Waals surface area contributed by atoms with Crippen molar-refractivity contribution < 1.29 is 18.7 Å². The normalized spacial score (nSPS) is 19.2. The fourth-order valence-electron chi connectivity index (χ4n) is 2.56. The Kier molecular flexibility index (Phi) is 3.48. The fourth-order valence-corrected chi connectivity index (χ4v) is 2.56. The summed E-state index contributed by atoms with van der Waals surface area (Å²) < 4.78 is 10.8. The van der Waals surface area contributed by atoms with Gasteiger partial charge in [0.25, 0.3) is 11.8 Å². The minimum Gasteiger partial charge on any atom is -0.479 e. The van der Waals surface area contributed by atoms with Crippen molar-refractivity contribution in [1.82, 2.24) is 4.98 Å². The molecule has 1 aromatic carbocycles. The molecule has 0 spiro atoms. The lowest BCUT2D eigenvalue weighted by atomic mass is 10.2. The lowest BCUT2D eigenvalue weighted by Gasteiger charge is -2.23. The number of ether oxygens (including phenoxy) is 1. The first-order chi connectivity index (χ1) is 11.6. The summed E-state index contributed by atoms with van der Waals surface area (Å²) in [4.78, 5) is 28.1. The Labute approximate surface area is 138 Å². The number of rotatable bonds is 4. The Bertz CT molecular complexity index is 810. The van der Waals surface area contributed by atoms with E-state index in [0.717, 1.165) is 6.42 Å². The van der Waals surface area contributed by atoms with Gasteiger partial charge in [-0.25, -0.2) is 4.98 Å². The molecular formula is C17H17N3O4. The van der Waals surface area contributed by atoms with E-state index in [-0.39, 0.29) is 17.5 Å². The lowest BCUT2D eigenvalue weighted by Crippen LogP contribution is -2.34. The second-order valence-corrected chi connectivity index (χ2v) is 6.19. The standard InChI is InChI=1S/C17H17N3O4/c1-9-16(21)20-12-7-11(4-5-14(12)24-9)18-17(22)13-8-23-15(19-13)6-10-2-3-10/h4-5,7-10H,2-3,6H2,1H3,(H,18,22)(H,20,21). The van der Waals surface area contributed by atoms with Crippen molar-refractivity contribution >= 4 is 23.2 Å². The fraction of sp³-hybridized carbons (Fsp3) is 0.353. The average molecular weight is 327 g/mol. The zero-order chi connectivity index (χ0) is 16.7. The van der Waals surface area contributed by atoms with Crippen LogP contribution < -0.4 is 15.4 Å². The van der Waals surface area contributed by atoms with Crippen LogP contribution in [0.25, 0.3) is 0 Å². The zero-order valence-electron chi connectivity index (χ0n) is 13.2. The largest absolute Gasteiger partial charge is 0.479 e. The molecule has 124 valence electrons. The number of aromatic nitrogens is 1. The van der Waals surface area contributed by atoms with E-state index in [1.54, 1.807) is 25.1 Å². The van der Waals surface area contributed by atoms with Gasteiger partial charge < -0.3 is 19.8 Å². The summed E-state index contributed by atoms with van der Waals surface area (Å²) in [5.41, 5.74) is 1.33. The number of anilines is 2. The maximum absolute atomic E-state index is 12.3. The molecule has 7 heteroatoms. The van der Waals surface area contributed by atoms with Crippen molar-refractivity contribution in [2.24, 2.45) is 5.92 Å². The number of hydrogen-bond acceptors (Lipinski definition) is 5. The third kappa shape index (κ3) is 2.97. The molecular weight excluding hydrogens is 310 g/mol. The molecule has 1 fully saturated rings. The maximum atomic E-state index is 12.3. The van der Waals surface area contributed by atoms with Crippen molar-refractivity contribution in [2.75, 3.05) is 10.6 Å². The van der Waals surface area contributed by atoms with Crippen molar-refractivity contribution in [3.05, 3.63) is 36.0 Å². The molecule has 1 aromatic heterocycles. The van der Waals surface area contributed by atoms with E-state index in [2.05, 4.69) is 15.6 Å². The van der Waals surface area contributed by atoms with E-state index in [0.29, 0.717) is 28.9 Å². The molecule has 4 rings (SSSR count). The smallest absolute Gasteiger partial charge is 0.277 e. The van der Waals surface area contributed by atoms with Gasteiger partial charge in [-0.05, 0) is 43.9 Å². The van der Waals surface area contributed by atoms with Crippen LogP contribution in [0, 0.1) is 5.92 Å². The van der Waals surface area contributed by atoms with Gasteiger partial charge in [0.15, 0.2) is 17.7 Å². The molecule has 1 saturated carbocycles. The molecule has 1 atom stereocenters. The molecule has 1 aliphatic carbocycles. The SMILES string of the molecule is CC1Oc2ccc(NC(=O)c3coc(CC4CC4)n3)cc2NC1=O. The first kappa shape index (κ1) is 14.7. The number of benzene rings is 1. The molecule has 2 heterocycles. The van der Waals surface area contributed by atoms with Crippen molar-refractivity contribution in [3.63, 3.8) is 0 Å². The van der Waals surface area contributed by atoms with Crippen LogP contribution in [0.3, 0.4) is 0 Å². The van der Waals surface area contributed by atoms with Crippen molar-refractivity contribution in [2.45, 2.75) is 32.3 Å². The van der Waals surface area contributed by atoms with Gasteiger partial charge >= 0.3 is 0 Å². The zero-order valence-corrected chi connectivity index (χ0v) is 13.2. The van der Waals surface area contributed by atoms with E-state index >= 15 is 0 Å². The number of amides is 2. The van der Waals surface area contributed by atoms with Gasteiger partial charge in [-0.15, -0.1) is 0 Å². The summed E-state index contributed by atoms with van der Waals surface area (Å²) in [6.07, 6.45) is 4.03. The van der Waals surface area contributed by atoms with E-state index in [1.807, 2.05) is 0 Å². The van der Waals surface area contributed by atoms with Gasteiger partial charge in [0.1, 0.15) is 12.0 Å². The molecule has 2 amide bonds. The highest BCUT2D eigenvalue weighted by atomic mass is 16.5. The summed E-state index contributed by atoms with van der Waals surface area (Å²) in [5, 5.41) is 5.49. The van der Waals surface area contributed by atoms with Gasteiger partial charge in [-0.2, -0.15) is 0 Å². The number of carbonyl (C=O) groups excluding carboxylic acids is 2. The Hall–Kier alpha value is -2.83. The van der Waals surface area contributed by atoms with Gasteiger partial charge in [-0.3, -0.25) is 9.59 Å². The highest BCUT2D eigenvalue weighted by molar-refractivity contribution is 6.04. The minimum absolute atomic E-state index is 0.216. The third-order valence-electron chi connectivity index (χ3n) is 4.11. The van der Waals surface area contributed by atoms with E-state index < -0.39 is 6.10 Å². The Morgan fingerprint density at radius 3 is 3.04 bits per heavy atom. The second-order valence-electron chi connectivity index (χ2n) is 6.19. The first-order valence-corrected chi connectivity index (χ1v) is 7.96. The predicted octanol–water partition coefficient (Wildman–Crippen LogP) is 2.60. The number of nitrogens with zero attached hydrogens (tertiary/aromatic N) is 1. The predicted molar refractivity (Wildman–Crippen MR) is 86.0 cm³/mol. The summed E-state index contributed by atoms with van der Waals surface area (Å²) in [7, 11) is 0. The molecule has 1 unspecified atom stereocenters. The van der Waals surface area contributed by atoms with Crippen LogP contribution in [0.5, 0.6) is 5.75 Å². The van der Waals surface area contributed by atoms with E-state index in [4.69, 9.17) is 9.15 Å². The van der Waals surface area contributed by atoms with Crippen LogP contribution in [0.4, 0.5) is 11.4 Å². The summed E-state index contributed by atoms with van der Waals surface area (Å²) in [6, 6.07) is 5.08. The van der Waals surface area contributed by atoms with Crippen molar-refractivity contribution in [3.8, 4) is 5.75 Å². The van der Waals surface area contributed by atoms with E-state index in [1.165, 1.54) is 19.1 Å². The highest BCUT2D eigenvalue weighted by Crippen LogP contribution is 2.33. The minimum atomic E-state index is -0.530. The molecule has 2 aromatic rings. The Balaban J connectivity index is 1.46. The molecule has 7 nitrogen and oxygen atoms in total. The topological polar surface area (TPSA) is 93.5 Å². The molecule has 0 bridgehead atoms. The lowest BCUT2D eigenvalue weighted by molar-refractivity contribution is -0.122. The average Bonchev–Trinajstić information content (AvgIpc) is 3.23. The summed E-state index contributed by atoms with van der Waals surface area (Å²) in [6.45, 7) is 1.68. The van der Waals surface area contributed by atoms with Crippen molar-refractivity contribution in [1.29, 1.82) is 0 Å². The van der Waals surface area contributed by atoms with Crippen LogP contribution in [0.1, 0.15) is 36.1 Å². The monoisotopic (exact) mass is 327 g/mol. The molecule has 24 heavy (non-hydrogen) atoms. The van der Waals surface area contributed by atoms with Crippen LogP contribution in [0.15, 0.2) is 28.9 Å². The van der Waals surface area contributed by atoms with Crippen LogP contribution in [-0.2, 0) is 11.2 Å². The van der Waals surface area contributed by atoms with Gasteiger partial charge in [0.2, 0.25) is 0 Å². The quantitative estimate of drug-likeness (QED) is 0.900. The van der Waals surface area contributed by atoms with E-state index in [9.17, 15) is 9.59 Å². The number of fused-ring (bicyclic) bond motifs is 1. The summed E-state index contributed by atoms with van der Waals surface area (Å²) in [5.74, 6) is 1.26. The van der Waals surface area contributed by atoms with Gasteiger partial charge in [0.05, 0.1) is 5.69 Å². The molecule has 2 N–H and O–H groups in total. The first-order valence-electron chi connectivity index (χ1n) is 7.96. The Morgan fingerprint density at radius 2 is 2.25 bits per heavy atom. The number of hydrogen-bond donors (Lipinski definition) is 2. The molecule has 2 aliphatic rings. The number of carbonyl (C=O) groups is 2. The van der Waals surface area contributed by atoms with Crippen LogP contribution in [0.2, 0.25) is 0 Å². The highest BCUT2D eigenvalue weighted by Gasteiger charge is 2.25. The van der Waals surface area contributed by atoms with Gasteiger partial charge in [0, 0.05) is 12.1 Å².